The molecule has 0 radical (unpaired) electrons. The van der Waals surface area contributed by atoms with Gasteiger partial charge in [-0.1, -0.05) is 5.16 Å². The zero-order valence-corrected chi connectivity index (χ0v) is 12.1. The van der Waals surface area contributed by atoms with E-state index in [9.17, 15) is 4.79 Å². The lowest BCUT2D eigenvalue weighted by Gasteiger charge is -2.21. The fraction of sp³-hybridized carbons (Fsp3) is 0.385. The number of nitrogens with one attached hydrogen (secondary N) is 1. The van der Waals surface area contributed by atoms with Crippen molar-refractivity contribution in [1.82, 2.24) is 15.0 Å². The van der Waals surface area contributed by atoms with Crippen molar-refractivity contribution in [1.29, 1.82) is 0 Å². The number of carbonyl (C=O) groups excluding carboxylic acids is 1. The highest BCUT2D eigenvalue weighted by Gasteiger charge is 2.33. The number of aromatic amines is 1. The summed E-state index contributed by atoms with van der Waals surface area (Å²) in [6.07, 6.45) is 3.66. The SMILES string of the molecule is Cc1cc(C2CCCN2C(=O)c2cc(Br)c[nH]2)on1. The molecule has 1 atom stereocenters. The van der Waals surface area contributed by atoms with Crippen molar-refractivity contribution in [2.24, 2.45) is 0 Å². The van der Waals surface area contributed by atoms with Gasteiger partial charge >= 0.3 is 0 Å². The largest absolute Gasteiger partial charge is 0.359 e. The molecule has 100 valence electrons. The highest BCUT2D eigenvalue weighted by atomic mass is 79.9. The van der Waals surface area contributed by atoms with Crippen LogP contribution in [-0.2, 0) is 0 Å². The lowest BCUT2D eigenvalue weighted by atomic mass is 10.1. The molecule has 19 heavy (non-hydrogen) atoms. The number of aromatic nitrogens is 2. The van der Waals surface area contributed by atoms with Crippen molar-refractivity contribution in [3.8, 4) is 0 Å². The van der Waals surface area contributed by atoms with E-state index in [0.29, 0.717) is 5.69 Å². The highest BCUT2D eigenvalue weighted by molar-refractivity contribution is 9.10. The number of hydrogen-bond donors (Lipinski definition) is 1. The van der Waals surface area contributed by atoms with E-state index in [-0.39, 0.29) is 11.9 Å². The minimum Gasteiger partial charge on any atom is -0.359 e. The number of rotatable bonds is 2. The van der Waals surface area contributed by atoms with Gasteiger partial charge in [-0.15, -0.1) is 0 Å². The molecule has 0 bridgehead atoms. The summed E-state index contributed by atoms with van der Waals surface area (Å²) in [7, 11) is 0. The molecule has 0 spiro atoms. The first-order chi connectivity index (χ1) is 9.15. The Morgan fingerprint density at radius 3 is 3.05 bits per heavy atom. The molecule has 1 saturated heterocycles. The van der Waals surface area contributed by atoms with Gasteiger partial charge in [-0.3, -0.25) is 4.79 Å². The normalized spacial score (nSPS) is 19.1. The summed E-state index contributed by atoms with van der Waals surface area (Å²) < 4.78 is 6.18. The number of carbonyl (C=O) groups is 1. The second kappa shape index (κ2) is 4.85. The van der Waals surface area contributed by atoms with Crippen LogP contribution in [0.3, 0.4) is 0 Å². The van der Waals surface area contributed by atoms with Crippen molar-refractivity contribution < 1.29 is 9.32 Å². The van der Waals surface area contributed by atoms with E-state index in [4.69, 9.17) is 4.52 Å². The van der Waals surface area contributed by atoms with Gasteiger partial charge in [0.1, 0.15) is 5.69 Å². The summed E-state index contributed by atoms with van der Waals surface area (Å²) in [5.41, 5.74) is 1.44. The summed E-state index contributed by atoms with van der Waals surface area (Å²) in [5.74, 6) is 0.774. The van der Waals surface area contributed by atoms with Crippen LogP contribution in [0, 0.1) is 6.92 Å². The van der Waals surface area contributed by atoms with Crippen molar-refractivity contribution in [2.45, 2.75) is 25.8 Å². The van der Waals surface area contributed by atoms with Crippen LogP contribution in [0.5, 0.6) is 0 Å². The minimum atomic E-state index is -0.00391. The minimum absolute atomic E-state index is 0.00209. The fourth-order valence-electron chi connectivity index (χ4n) is 2.49. The third-order valence-corrected chi connectivity index (χ3v) is 3.82. The van der Waals surface area contributed by atoms with Crippen LogP contribution >= 0.6 is 15.9 Å². The van der Waals surface area contributed by atoms with E-state index in [1.54, 1.807) is 12.3 Å². The first-order valence-corrected chi connectivity index (χ1v) is 7.02. The third kappa shape index (κ3) is 2.32. The Labute approximate surface area is 119 Å². The zero-order chi connectivity index (χ0) is 13.4. The maximum Gasteiger partial charge on any atom is 0.270 e. The van der Waals surface area contributed by atoms with Crippen LogP contribution in [0.4, 0.5) is 0 Å². The second-order valence-corrected chi connectivity index (χ2v) is 5.67. The van der Waals surface area contributed by atoms with Gasteiger partial charge in [0.25, 0.3) is 5.91 Å². The Hall–Kier alpha value is -1.56. The molecule has 2 aromatic heterocycles. The molecule has 0 saturated carbocycles. The van der Waals surface area contributed by atoms with Gasteiger partial charge in [-0.05, 0) is 41.8 Å². The van der Waals surface area contributed by atoms with E-state index in [1.165, 1.54) is 0 Å². The molecule has 1 unspecified atom stereocenters. The Morgan fingerprint density at radius 2 is 2.42 bits per heavy atom. The van der Waals surface area contributed by atoms with Crippen molar-refractivity contribution in [2.75, 3.05) is 6.54 Å². The number of H-pyrrole nitrogens is 1. The van der Waals surface area contributed by atoms with Crippen LogP contribution in [-0.4, -0.2) is 27.5 Å². The first-order valence-electron chi connectivity index (χ1n) is 6.23. The molecule has 0 aliphatic carbocycles. The summed E-state index contributed by atoms with van der Waals surface area (Å²) in [6.45, 7) is 2.64. The lowest BCUT2D eigenvalue weighted by Crippen LogP contribution is -2.30. The van der Waals surface area contributed by atoms with Gasteiger partial charge in [-0.2, -0.15) is 0 Å². The number of hydrogen-bond acceptors (Lipinski definition) is 3. The summed E-state index contributed by atoms with van der Waals surface area (Å²) in [5, 5.41) is 3.90. The molecule has 5 nitrogen and oxygen atoms in total. The zero-order valence-electron chi connectivity index (χ0n) is 10.5. The molecule has 1 amide bonds. The number of halogens is 1. The molecule has 1 fully saturated rings. The van der Waals surface area contributed by atoms with Gasteiger partial charge in [-0.25, -0.2) is 0 Å². The van der Waals surface area contributed by atoms with Crippen LogP contribution in [0.25, 0.3) is 0 Å². The van der Waals surface area contributed by atoms with Crippen LogP contribution < -0.4 is 0 Å². The second-order valence-electron chi connectivity index (χ2n) is 4.76. The average molecular weight is 324 g/mol. The first kappa shape index (κ1) is 12.5. The molecule has 6 heteroatoms. The van der Waals surface area contributed by atoms with E-state index >= 15 is 0 Å². The van der Waals surface area contributed by atoms with E-state index in [2.05, 4.69) is 26.1 Å². The smallest absolute Gasteiger partial charge is 0.270 e. The van der Waals surface area contributed by atoms with Gasteiger partial charge < -0.3 is 14.4 Å². The van der Waals surface area contributed by atoms with Gasteiger partial charge in [0.15, 0.2) is 5.76 Å². The van der Waals surface area contributed by atoms with E-state index in [1.807, 2.05) is 17.9 Å². The molecule has 3 heterocycles. The van der Waals surface area contributed by atoms with E-state index in [0.717, 1.165) is 35.3 Å². The number of likely N-dealkylation sites (tertiary alicyclic amines) is 1. The monoisotopic (exact) mass is 323 g/mol. The number of nitrogens with zero attached hydrogens (tertiary/aromatic N) is 2. The summed E-state index contributed by atoms with van der Waals surface area (Å²) in [6, 6.07) is 3.69. The van der Waals surface area contributed by atoms with Crippen LogP contribution in [0.1, 0.15) is 40.8 Å². The molecular formula is C13H14BrN3O2. The molecule has 2 aromatic rings. The van der Waals surface area contributed by atoms with Gasteiger partial charge in [0.05, 0.1) is 11.7 Å². The molecule has 0 aromatic carbocycles. The van der Waals surface area contributed by atoms with Gasteiger partial charge in [0, 0.05) is 23.3 Å². The van der Waals surface area contributed by atoms with E-state index < -0.39 is 0 Å². The molecule has 1 aliphatic rings. The van der Waals surface area contributed by atoms with Crippen LogP contribution in [0.2, 0.25) is 0 Å². The molecular weight excluding hydrogens is 310 g/mol. The van der Waals surface area contributed by atoms with Crippen LogP contribution in [0.15, 0.2) is 27.3 Å². The predicted octanol–water partition coefficient (Wildman–Crippen LogP) is 3.05. The maximum absolute atomic E-state index is 12.5. The Bertz CT molecular complexity index is 605. The maximum atomic E-state index is 12.5. The highest BCUT2D eigenvalue weighted by Crippen LogP contribution is 2.33. The molecule has 1 N–H and O–H groups in total. The number of aryl methyl sites for hydroxylation is 1. The number of amides is 1. The quantitative estimate of drug-likeness (QED) is 0.923. The Kier molecular flexibility index (Phi) is 3.18. The predicted molar refractivity (Wildman–Crippen MR) is 72.7 cm³/mol. The molecule has 3 rings (SSSR count). The van der Waals surface area contributed by atoms with Crippen molar-refractivity contribution in [3.05, 3.63) is 40.0 Å². The van der Waals surface area contributed by atoms with Crippen molar-refractivity contribution in [3.63, 3.8) is 0 Å². The Morgan fingerprint density at radius 1 is 1.58 bits per heavy atom. The average Bonchev–Trinajstić information content (AvgIpc) is 3.07. The molecule has 1 aliphatic heterocycles. The Balaban J connectivity index is 1.85. The standard InChI is InChI=1S/C13H14BrN3O2/c1-8-5-12(19-16-8)11-3-2-4-17(11)13(18)10-6-9(14)7-15-10/h5-7,11,15H,2-4H2,1H3. The lowest BCUT2D eigenvalue weighted by molar-refractivity contribution is 0.0709. The summed E-state index contributed by atoms with van der Waals surface area (Å²) in [4.78, 5) is 17.3. The fourth-order valence-corrected chi connectivity index (χ4v) is 2.84. The van der Waals surface area contributed by atoms with Gasteiger partial charge in [0.2, 0.25) is 0 Å². The van der Waals surface area contributed by atoms with Crippen molar-refractivity contribution >= 4 is 21.8 Å². The summed E-state index contributed by atoms with van der Waals surface area (Å²) >= 11 is 3.34. The topological polar surface area (TPSA) is 62.1 Å². The third-order valence-electron chi connectivity index (χ3n) is 3.37.